The van der Waals surface area contributed by atoms with Crippen molar-refractivity contribution in [2.75, 3.05) is 17.7 Å². The van der Waals surface area contributed by atoms with Crippen molar-refractivity contribution in [3.8, 4) is 0 Å². The fourth-order valence-corrected chi connectivity index (χ4v) is 1.88. The average molecular weight is 255 g/mol. The van der Waals surface area contributed by atoms with E-state index in [4.69, 9.17) is 0 Å². The van der Waals surface area contributed by atoms with Crippen molar-refractivity contribution in [3.05, 3.63) is 53.2 Å². The number of pyridine rings is 1. The first kappa shape index (κ1) is 13.1. The van der Waals surface area contributed by atoms with Crippen LogP contribution in [0.4, 0.5) is 11.5 Å². The number of aromatic nitrogens is 1. The highest BCUT2D eigenvalue weighted by molar-refractivity contribution is 6.04. The molecule has 0 spiro atoms. The van der Waals surface area contributed by atoms with Crippen molar-refractivity contribution in [2.24, 2.45) is 0 Å². The van der Waals surface area contributed by atoms with Gasteiger partial charge < -0.3 is 10.6 Å². The Hall–Kier alpha value is -2.36. The van der Waals surface area contributed by atoms with Gasteiger partial charge >= 0.3 is 0 Å². The van der Waals surface area contributed by atoms with E-state index in [0.29, 0.717) is 11.4 Å². The fraction of sp³-hybridized carbons (Fsp3) is 0.200. The highest BCUT2D eigenvalue weighted by Crippen LogP contribution is 2.16. The van der Waals surface area contributed by atoms with Gasteiger partial charge in [0.15, 0.2) is 0 Å². The van der Waals surface area contributed by atoms with Crippen LogP contribution in [0.25, 0.3) is 0 Å². The van der Waals surface area contributed by atoms with Gasteiger partial charge in [0.05, 0.1) is 0 Å². The Morgan fingerprint density at radius 1 is 1.16 bits per heavy atom. The molecule has 0 fully saturated rings. The molecule has 0 aliphatic carbocycles. The van der Waals surface area contributed by atoms with Gasteiger partial charge in [-0.3, -0.25) is 4.79 Å². The lowest BCUT2D eigenvalue weighted by molar-refractivity contribution is 0.102. The van der Waals surface area contributed by atoms with Gasteiger partial charge in [0, 0.05) is 24.5 Å². The molecule has 0 saturated carbocycles. The molecule has 0 atom stereocenters. The summed E-state index contributed by atoms with van der Waals surface area (Å²) in [5.41, 5.74) is 3.74. The minimum atomic E-state index is -0.149. The third kappa shape index (κ3) is 3.10. The average Bonchev–Trinajstić information content (AvgIpc) is 2.38. The second-order valence-corrected chi connectivity index (χ2v) is 4.45. The minimum Gasteiger partial charge on any atom is -0.388 e. The van der Waals surface area contributed by atoms with Gasteiger partial charge in [-0.15, -0.1) is 0 Å². The molecule has 1 heterocycles. The van der Waals surface area contributed by atoms with Crippen molar-refractivity contribution in [3.63, 3.8) is 0 Å². The standard InChI is InChI=1S/C15H17N3O/c1-10-6-7-17-14(8-10)18-15(19)12-4-5-13(16-3)11(2)9-12/h4-9,16H,1-3H3,(H,17,18,19). The number of nitrogens with one attached hydrogen (secondary N) is 2. The van der Waals surface area contributed by atoms with Crippen LogP contribution >= 0.6 is 0 Å². The van der Waals surface area contributed by atoms with Crippen LogP contribution in [0.3, 0.4) is 0 Å². The van der Waals surface area contributed by atoms with E-state index in [0.717, 1.165) is 16.8 Å². The van der Waals surface area contributed by atoms with Crippen LogP contribution in [0, 0.1) is 13.8 Å². The summed E-state index contributed by atoms with van der Waals surface area (Å²) < 4.78 is 0. The third-order valence-corrected chi connectivity index (χ3v) is 2.91. The lowest BCUT2D eigenvalue weighted by atomic mass is 10.1. The summed E-state index contributed by atoms with van der Waals surface area (Å²) in [7, 11) is 1.86. The topological polar surface area (TPSA) is 54.0 Å². The Kier molecular flexibility index (Phi) is 3.80. The predicted octanol–water partition coefficient (Wildman–Crippen LogP) is 2.99. The molecule has 0 aliphatic heterocycles. The largest absolute Gasteiger partial charge is 0.388 e. The zero-order valence-electron chi connectivity index (χ0n) is 11.3. The smallest absolute Gasteiger partial charge is 0.256 e. The van der Waals surface area contributed by atoms with Crippen molar-refractivity contribution in [1.82, 2.24) is 4.98 Å². The molecule has 0 saturated heterocycles. The quantitative estimate of drug-likeness (QED) is 0.886. The molecule has 1 amide bonds. The minimum absolute atomic E-state index is 0.149. The van der Waals surface area contributed by atoms with Crippen LogP contribution in [-0.2, 0) is 0 Å². The zero-order valence-corrected chi connectivity index (χ0v) is 11.3. The monoisotopic (exact) mass is 255 g/mol. The zero-order chi connectivity index (χ0) is 13.8. The summed E-state index contributed by atoms with van der Waals surface area (Å²) in [6, 6.07) is 9.28. The van der Waals surface area contributed by atoms with E-state index in [2.05, 4.69) is 15.6 Å². The lowest BCUT2D eigenvalue weighted by Crippen LogP contribution is -2.13. The second-order valence-electron chi connectivity index (χ2n) is 4.45. The number of amides is 1. The Balaban J connectivity index is 2.18. The number of benzene rings is 1. The Bertz CT molecular complexity index is 608. The lowest BCUT2D eigenvalue weighted by Gasteiger charge is -2.08. The maximum Gasteiger partial charge on any atom is 0.256 e. The molecule has 2 aromatic rings. The normalized spacial score (nSPS) is 10.1. The van der Waals surface area contributed by atoms with Crippen LogP contribution in [0.1, 0.15) is 21.5 Å². The van der Waals surface area contributed by atoms with E-state index in [-0.39, 0.29) is 5.91 Å². The van der Waals surface area contributed by atoms with Crippen LogP contribution in [0.2, 0.25) is 0 Å². The number of nitrogens with zero attached hydrogens (tertiary/aromatic N) is 1. The van der Waals surface area contributed by atoms with Gasteiger partial charge in [0.2, 0.25) is 0 Å². The Labute approximate surface area is 112 Å². The van der Waals surface area contributed by atoms with Crippen molar-refractivity contribution >= 4 is 17.4 Å². The van der Waals surface area contributed by atoms with Crippen molar-refractivity contribution in [1.29, 1.82) is 0 Å². The van der Waals surface area contributed by atoms with E-state index in [9.17, 15) is 4.79 Å². The summed E-state index contributed by atoms with van der Waals surface area (Å²) in [5, 5.41) is 5.87. The van der Waals surface area contributed by atoms with Crippen LogP contribution in [0.15, 0.2) is 36.5 Å². The predicted molar refractivity (Wildman–Crippen MR) is 77.7 cm³/mol. The van der Waals surface area contributed by atoms with Gasteiger partial charge in [-0.05, 0) is 55.3 Å². The Morgan fingerprint density at radius 2 is 1.95 bits per heavy atom. The van der Waals surface area contributed by atoms with Crippen LogP contribution in [0.5, 0.6) is 0 Å². The van der Waals surface area contributed by atoms with Gasteiger partial charge in [-0.25, -0.2) is 4.98 Å². The molecule has 1 aromatic carbocycles. The SMILES string of the molecule is CNc1ccc(C(=O)Nc2cc(C)ccn2)cc1C. The number of hydrogen-bond donors (Lipinski definition) is 2. The van der Waals surface area contributed by atoms with E-state index in [1.165, 1.54) is 0 Å². The highest BCUT2D eigenvalue weighted by Gasteiger charge is 2.08. The first-order valence-electron chi connectivity index (χ1n) is 6.12. The number of anilines is 2. The maximum atomic E-state index is 12.1. The molecule has 19 heavy (non-hydrogen) atoms. The molecular weight excluding hydrogens is 238 g/mol. The number of hydrogen-bond acceptors (Lipinski definition) is 3. The molecule has 0 aliphatic rings. The number of carbonyl (C=O) groups is 1. The van der Waals surface area contributed by atoms with Crippen molar-refractivity contribution < 1.29 is 4.79 Å². The number of carbonyl (C=O) groups excluding carboxylic acids is 1. The van der Waals surface area contributed by atoms with Gasteiger partial charge in [-0.2, -0.15) is 0 Å². The summed E-state index contributed by atoms with van der Waals surface area (Å²) in [6.45, 7) is 3.93. The third-order valence-electron chi connectivity index (χ3n) is 2.91. The van der Waals surface area contributed by atoms with E-state index < -0.39 is 0 Å². The molecule has 4 heteroatoms. The fourth-order valence-electron chi connectivity index (χ4n) is 1.88. The molecule has 98 valence electrons. The molecule has 2 rings (SSSR count). The van der Waals surface area contributed by atoms with Gasteiger partial charge in [0.1, 0.15) is 5.82 Å². The molecule has 2 N–H and O–H groups in total. The maximum absolute atomic E-state index is 12.1. The van der Waals surface area contributed by atoms with Crippen molar-refractivity contribution in [2.45, 2.75) is 13.8 Å². The van der Waals surface area contributed by atoms with Crippen LogP contribution < -0.4 is 10.6 Å². The first-order chi connectivity index (χ1) is 9.10. The molecule has 0 bridgehead atoms. The summed E-state index contributed by atoms with van der Waals surface area (Å²) in [4.78, 5) is 16.2. The van der Waals surface area contributed by atoms with Crippen LogP contribution in [-0.4, -0.2) is 17.9 Å². The van der Waals surface area contributed by atoms with Gasteiger partial charge in [-0.1, -0.05) is 0 Å². The van der Waals surface area contributed by atoms with E-state index in [1.807, 2.05) is 45.2 Å². The van der Waals surface area contributed by atoms with E-state index >= 15 is 0 Å². The first-order valence-corrected chi connectivity index (χ1v) is 6.12. The molecular formula is C15H17N3O. The number of aryl methyl sites for hydroxylation is 2. The Morgan fingerprint density at radius 3 is 2.58 bits per heavy atom. The highest BCUT2D eigenvalue weighted by atomic mass is 16.1. The molecule has 0 radical (unpaired) electrons. The number of rotatable bonds is 3. The second kappa shape index (κ2) is 5.52. The molecule has 4 nitrogen and oxygen atoms in total. The summed E-state index contributed by atoms with van der Waals surface area (Å²) in [5.74, 6) is 0.421. The summed E-state index contributed by atoms with van der Waals surface area (Å²) in [6.07, 6.45) is 1.68. The molecule has 0 unspecified atom stereocenters. The molecule has 1 aromatic heterocycles. The van der Waals surface area contributed by atoms with E-state index in [1.54, 1.807) is 12.3 Å². The van der Waals surface area contributed by atoms with Gasteiger partial charge in [0.25, 0.3) is 5.91 Å². The summed E-state index contributed by atoms with van der Waals surface area (Å²) >= 11 is 0.